The smallest absolute Gasteiger partial charge is 0.284 e. The molecular formula is C16H16FN5O3. The number of nitrogen functional groups attached to an aromatic ring is 1. The monoisotopic (exact) mass is 345 g/mol. The van der Waals surface area contributed by atoms with E-state index in [9.17, 15) is 19.3 Å². The van der Waals surface area contributed by atoms with Gasteiger partial charge in [-0.25, -0.2) is 9.37 Å². The number of nitro benzene ring substituents is 1. The van der Waals surface area contributed by atoms with Gasteiger partial charge in [0.05, 0.1) is 16.8 Å². The molecule has 1 fully saturated rings. The highest BCUT2D eigenvalue weighted by Gasteiger charge is 2.29. The van der Waals surface area contributed by atoms with Gasteiger partial charge in [0, 0.05) is 32.2 Å². The summed E-state index contributed by atoms with van der Waals surface area (Å²) in [6.07, 6.45) is 1.14. The number of benzene rings is 1. The van der Waals surface area contributed by atoms with E-state index in [1.165, 1.54) is 29.2 Å². The molecule has 1 aromatic carbocycles. The molecule has 25 heavy (non-hydrogen) atoms. The Morgan fingerprint density at radius 2 is 1.92 bits per heavy atom. The number of nitro groups is 1. The van der Waals surface area contributed by atoms with Gasteiger partial charge < -0.3 is 15.5 Å². The van der Waals surface area contributed by atoms with Crippen molar-refractivity contribution in [2.45, 2.75) is 0 Å². The van der Waals surface area contributed by atoms with Crippen LogP contribution in [0.15, 0.2) is 36.5 Å². The lowest BCUT2D eigenvalue weighted by Crippen LogP contribution is -2.49. The molecule has 0 unspecified atom stereocenters. The van der Waals surface area contributed by atoms with Crippen LogP contribution in [0.25, 0.3) is 0 Å². The van der Waals surface area contributed by atoms with Gasteiger partial charge in [-0.15, -0.1) is 0 Å². The highest BCUT2D eigenvalue weighted by molar-refractivity contribution is 6.03. The number of anilines is 2. The van der Waals surface area contributed by atoms with E-state index in [-0.39, 0.29) is 16.9 Å². The van der Waals surface area contributed by atoms with Gasteiger partial charge in [-0.3, -0.25) is 14.9 Å². The van der Waals surface area contributed by atoms with Crippen molar-refractivity contribution in [3.8, 4) is 0 Å². The van der Waals surface area contributed by atoms with Crippen molar-refractivity contribution in [1.29, 1.82) is 0 Å². The molecule has 9 heteroatoms. The molecule has 1 aliphatic rings. The fourth-order valence-electron chi connectivity index (χ4n) is 2.79. The van der Waals surface area contributed by atoms with Gasteiger partial charge in [0.2, 0.25) is 0 Å². The van der Waals surface area contributed by atoms with Crippen LogP contribution in [0.2, 0.25) is 0 Å². The molecule has 2 heterocycles. The minimum absolute atomic E-state index is 0.0825. The van der Waals surface area contributed by atoms with Crippen LogP contribution in [-0.4, -0.2) is 46.9 Å². The largest absolute Gasteiger partial charge is 0.398 e. The fourth-order valence-corrected chi connectivity index (χ4v) is 2.79. The Bertz CT molecular complexity index is 804. The number of carbonyl (C=O) groups excluding carboxylic acids is 1. The topological polar surface area (TPSA) is 106 Å². The molecule has 2 N–H and O–H groups in total. The van der Waals surface area contributed by atoms with Crippen LogP contribution < -0.4 is 10.6 Å². The first-order valence-corrected chi connectivity index (χ1v) is 7.66. The summed E-state index contributed by atoms with van der Waals surface area (Å²) in [7, 11) is 0. The maximum absolute atomic E-state index is 12.9. The predicted molar refractivity (Wildman–Crippen MR) is 89.8 cm³/mol. The van der Waals surface area contributed by atoms with E-state index in [1.54, 1.807) is 6.07 Å². The van der Waals surface area contributed by atoms with E-state index in [2.05, 4.69) is 4.98 Å². The van der Waals surface area contributed by atoms with Crippen molar-refractivity contribution >= 4 is 23.1 Å². The average Bonchev–Trinajstić information content (AvgIpc) is 2.61. The van der Waals surface area contributed by atoms with Gasteiger partial charge in [-0.2, -0.15) is 0 Å². The lowest BCUT2D eigenvalue weighted by Gasteiger charge is -2.35. The third-order valence-electron chi connectivity index (χ3n) is 4.09. The summed E-state index contributed by atoms with van der Waals surface area (Å²) in [6, 6.07) is 7.09. The molecule has 0 saturated carbocycles. The van der Waals surface area contributed by atoms with E-state index in [1.807, 2.05) is 4.90 Å². The molecule has 1 aromatic heterocycles. The van der Waals surface area contributed by atoms with Crippen molar-refractivity contribution in [1.82, 2.24) is 9.88 Å². The summed E-state index contributed by atoms with van der Waals surface area (Å²) in [4.78, 5) is 30.7. The number of hydrogen-bond donors (Lipinski definition) is 1. The quantitative estimate of drug-likeness (QED) is 0.515. The van der Waals surface area contributed by atoms with E-state index < -0.39 is 16.6 Å². The molecule has 130 valence electrons. The van der Waals surface area contributed by atoms with Crippen LogP contribution in [0.1, 0.15) is 10.4 Å². The van der Waals surface area contributed by atoms with Crippen molar-refractivity contribution in [2.24, 2.45) is 0 Å². The maximum Gasteiger partial charge on any atom is 0.284 e. The predicted octanol–water partition coefficient (Wildman–Crippen LogP) is 1.67. The van der Waals surface area contributed by atoms with Crippen molar-refractivity contribution in [2.75, 3.05) is 36.8 Å². The first-order chi connectivity index (χ1) is 12.0. The molecule has 8 nitrogen and oxygen atoms in total. The Morgan fingerprint density at radius 1 is 1.20 bits per heavy atom. The molecule has 3 rings (SSSR count). The molecule has 0 atom stereocenters. The zero-order valence-electron chi connectivity index (χ0n) is 13.3. The molecule has 0 radical (unpaired) electrons. The average molecular weight is 345 g/mol. The summed E-state index contributed by atoms with van der Waals surface area (Å²) < 4.78 is 12.9. The minimum Gasteiger partial charge on any atom is -0.398 e. The molecule has 2 aromatic rings. The SMILES string of the molecule is Nc1cccc([N+](=O)[O-])c1C(=O)N1CCN(c2ccc(F)cn2)CC1. The van der Waals surface area contributed by atoms with Crippen LogP contribution in [0.3, 0.4) is 0 Å². The molecule has 0 aliphatic carbocycles. The zero-order valence-corrected chi connectivity index (χ0v) is 13.3. The number of halogens is 1. The number of pyridine rings is 1. The Kier molecular flexibility index (Phi) is 4.46. The van der Waals surface area contributed by atoms with Gasteiger partial charge >= 0.3 is 0 Å². The summed E-state index contributed by atoms with van der Waals surface area (Å²) in [6.45, 7) is 1.71. The third-order valence-corrected chi connectivity index (χ3v) is 4.09. The number of nitrogens with zero attached hydrogens (tertiary/aromatic N) is 4. The lowest BCUT2D eigenvalue weighted by molar-refractivity contribution is -0.385. The van der Waals surface area contributed by atoms with E-state index in [0.29, 0.717) is 32.0 Å². The van der Waals surface area contributed by atoms with Crippen LogP contribution in [0.5, 0.6) is 0 Å². The van der Waals surface area contributed by atoms with Crippen LogP contribution >= 0.6 is 0 Å². The van der Waals surface area contributed by atoms with Gasteiger partial charge in [0.1, 0.15) is 17.2 Å². The normalized spacial score (nSPS) is 14.4. The summed E-state index contributed by atoms with van der Waals surface area (Å²) >= 11 is 0. The second kappa shape index (κ2) is 6.71. The first-order valence-electron chi connectivity index (χ1n) is 7.66. The van der Waals surface area contributed by atoms with E-state index >= 15 is 0 Å². The number of rotatable bonds is 3. The second-order valence-electron chi connectivity index (χ2n) is 5.61. The fraction of sp³-hybridized carbons (Fsp3) is 0.250. The molecule has 1 saturated heterocycles. The summed E-state index contributed by atoms with van der Waals surface area (Å²) in [5.41, 5.74) is 5.50. The van der Waals surface area contributed by atoms with Crippen molar-refractivity contribution in [3.63, 3.8) is 0 Å². The van der Waals surface area contributed by atoms with Crippen LogP contribution in [0.4, 0.5) is 21.6 Å². The number of hydrogen-bond acceptors (Lipinski definition) is 6. The number of aromatic nitrogens is 1. The van der Waals surface area contributed by atoms with E-state index in [4.69, 9.17) is 5.73 Å². The van der Waals surface area contributed by atoms with Crippen molar-refractivity contribution < 1.29 is 14.1 Å². The molecule has 0 bridgehead atoms. The minimum atomic E-state index is -0.609. The number of nitrogens with two attached hydrogens (primary N) is 1. The Labute approximate surface area is 142 Å². The molecule has 0 spiro atoms. The first kappa shape index (κ1) is 16.6. The summed E-state index contributed by atoms with van der Waals surface area (Å²) in [5.74, 6) is -0.250. The summed E-state index contributed by atoms with van der Waals surface area (Å²) in [5, 5.41) is 11.2. The number of carbonyl (C=O) groups is 1. The molecular weight excluding hydrogens is 329 g/mol. The second-order valence-corrected chi connectivity index (χ2v) is 5.61. The Hall–Kier alpha value is -3.23. The third kappa shape index (κ3) is 3.35. The van der Waals surface area contributed by atoms with Crippen LogP contribution in [-0.2, 0) is 0 Å². The number of piperazine rings is 1. The highest BCUT2D eigenvalue weighted by Crippen LogP contribution is 2.26. The van der Waals surface area contributed by atoms with Gasteiger partial charge in [-0.1, -0.05) is 6.07 Å². The van der Waals surface area contributed by atoms with Crippen molar-refractivity contribution in [3.05, 3.63) is 58.0 Å². The Morgan fingerprint density at radius 3 is 2.52 bits per heavy atom. The lowest BCUT2D eigenvalue weighted by atomic mass is 10.1. The van der Waals surface area contributed by atoms with Gasteiger partial charge in [0.25, 0.3) is 11.6 Å². The number of amides is 1. The Balaban J connectivity index is 1.74. The molecule has 1 amide bonds. The van der Waals surface area contributed by atoms with Gasteiger partial charge in [-0.05, 0) is 18.2 Å². The highest BCUT2D eigenvalue weighted by atomic mass is 19.1. The standard InChI is InChI=1S/C16H16FN5O3/c17-11-4-5-14(19-10-11)20-6-8-21(9-7-20)16(23)15-12(18)2-1-3-13(15)22(24)25/h1-5,10H,6-9,18H2. The zero-order chi connectivity index (χ0) is 18.0. The van der Waals surface area contributed by atoms with E-state index in [0.717, 1.165) is 6.20 Å². The van der Waals surface area contributed by atoms with Crippen LogP contribution in [0, 0.1) is 15.9 Å². The maximum atomic E-state index is 12.9. The molecule has 1 aliphatic heterocycles. The van der Waals surface area contributed by atoms with Gasteiger partial charge in [0.15, 0.2) is 0 Å².